The van der Waals surface area contributed by atoms with Crippen LogP contribution in [-0.4, -0.2) is 53.9 Å². The molecule has 2 amide bonds. The van der Waals surface area contributed by atoms with Crippen LogP contribution in [-0.2, 0) is 32.6 Å². The van der Waals surface area contributed by atoms with Crippen molar-refractivity contribution in [3.8, 4) is 16.9 Å². The van der Waals surface area contributed by atoms with Crippen LogP contribution < -0.4 is 15.4 Å². The maximum Gasteiger partial charge on any atom is 0.328 e. The van der Waals surface area contributed by atoms with E-state index in [1.165, 1.54) is 7.11 Å². The summed E-state index contributed by atoms with van der Waals surface area (Å²) in [6, 6.07) is 9.24. The number of aromatic nitrogens is 2. The van der Waals surface area contributed by atoms with Gasteiger partial charge in [-0.1, -0.05) is 43.6 Å². The van der Waals surface area contributed by atoms with E-state index in [1.807, 2.05) is 71.5 Å². The largest absolute Gasteiger partial charge is 0.494 e. The van der Waals surface area contributed by atoms with Gasteiger partial charge in [-0.05, 0) is 98.4 Å². The molecule has 1 aliphatic rings. The molecule has 9 nitrogen and oxygen atoms in total. The highest BCUT2D eigenvalue weighted by atomic mass is 35.5. The molecule has 46 heavy (non-hydrogen) atoms. The summed E-state index contributed by atoms with van der Waals surface area (Å²) < 4.78 is 12.8. The monoisotopic (exact) mass is 648 g/mol. The van der Waals surface area contributed by atoms with Gasteiger partial charge in [-0.2, -0.15) is 5.10 Å². The molecule has 1 heterocycles. The number of benzene rings is 2. The van der Waals surface area contributed by atoms with Gasteiger partial charge < -0.3 is 20.1 Å². The van der Waals surface area contributed by atoms with Gasteiger partial charge in [-0.15, -0.1) is 0 Å². The number of hydrogen-bond donors (Lipinski definition) is 2. The number of esters is 1. The molecule has 0 saturated carbocycles. The molecule has 1 aliphatic carbocycles. The summed E-state index contributed by atoms with van der Waals surface area (Å²) >= 11 is 6.33. The fourth-order valence-corrected chi connectivity index (χ4v) is 6.28. The number of nitrogens with one attached hydrogen (secondary N) is 2. The van der Waals surface area contributed by atoms with Gasteiger partial charge in [0.2, 0.25) is 11.8 Å². The smallest absolute Gasteiger partial charge is 0.328 e. The van der Waals surface area contributed by atoms with Crippen LogP contribution in [0.3, 0.4) is 0 Å². The van der Waals surface area contributed by atoms with E-state index in [9.17, 15) is 14.4 Å². The first-order valence-corrected chi connectivity index (χ1v) is 16.1. The van der Waals surface area contributed by atoms with Gasteiger partial charge in [0, 0.05) is 35.3 Å². The van der Waals surface area contributed by atoms with E-state index in [0.717, 1.165) is 61.1 Å². The number of rotatable bonds is 13. The molecule has 10 heteroatoms. The predicted octanol–water partition coefficient (Wildman–Crippen LogP) is 5.96. The Morgan fingerprint density at radius 3 is 2.35 bits per heavy atom. The highest BCUT2D eigenvalue weighted by Crippen LogP contribution is 2.42. The van der Waals surface area contributed by atoms with E-state index in [2.05, 4.69) is 27.9 Å². The maximum absolute atomic E-state index is 13.7. The molecule has 0 spiro atoms. The van der Waals surface area contributed by atoms with Crippen LogP contribution in [0, 0.1) is 33.6 Å². The molecular formula is C36H45ClN4O5. The third-order valence-electron chi connectivity index (χ3n) is 8.46. The van der Waals surface area contributed by atoms with E-state index in [0.29, 0.717) is 37.9 Å². The summed E-state index contributed by atoms with van der Waals surface area (Å²) in [4.78, 5) is 38.8. The van der Waals surface area contributed by atoms with E-state index in [1.54, 1.807) is 0 Å². The van der Waals surface area contributed by atoms with Crippen molar-refractivity contribution in [3.63, 3.8) is 0 Å². The van der Waals surface area contributed by atoms with Crippen molar-refractivity contribution >= 4 is 35.0 Å². The van der Waals surface area contributed by atoms with Gasteiger partial charge in [0.05, 0.1) is 26.0 Å². The minimum Gasteiger partial charge on any atom is -0.494 e. The molecule has 1 atom stereocenters. The number of nitrogens with zero attached hydrogens (tertiary/aromatic N) is 2. The molecule has 0 aliphatic heterocycles. The molecule has 4 rings (SSSR count). The lowest BCUT2D eigenvalue weighted by Crippen LogP contribution is -2.46. The van der Waals surface area contributed by atoms with Crippen molar-refractivity contribution in [3.05, 3.63) is 74.6 Å². The Hall–Kier alpha value is -4.11. The number of carbonyl (C=O) groups excluding carboxylic acids is 3. The Labute approximate surface area is 276 Å². The zero-order valence-corrected chi connectivity index (χ0v) is 28.9. The molecule has 0 unspecified atom stereocenters. The van der Waals surface area contributed by atoms with Gasteiger partial charge in [0.25, 0.3) is 0 Å². The van der Waals surface area contributed by atoms with Crippen molar-refractivity contribution in [2.45, 2.75) is 73.3 Å². The minimum atomic E-state index is -0.776. The van der Waals surface area contributed by atoms with E-state index in [4.69, 9.17) is 21.1 Å². The van der Waals surface area contributed by atoms with Crippen molar-refractivity contribution in [1.82, 2.24) is 20.4 Å². The van der Waals surface area contributed by atoms with Gasteiger partial charge in [0.1, 0.15) is 11.8 Å². The molecule has 2 aromatic carbocycles. The Balaban J connectivity index is 1.56. The SMILES string of the molecule is COC(=O)[C@H](CC(C)C)NC(=O)CNC(=O)C1=C(CCCOc2cc(C)c(Cl)c(C)c2)c2cccc(-c3c(C)nn(C)c3C)c2C1. The van der Waals surface area contributed by atoms with Crippen molar-refractivity contribution in [2.75, 3.05) is 20.3 Å². The van der Waals surface area contributed by atoms with Crippen molar-refractivity contribution in [1.29, 1.82) is 0 Å². The molecular weight excluding hydrogens is 604 g/mol. The Kier molecular flexibility index (Phi) is 11.3. The summed E-state index contributed by atoms with van der Waals surface area (Å²) in [5, 5.41) is 10.9. The van der Waals surface area contributed by atoms with Gasteiger partial charge in [-0.3, -0.25) is 14.3 Å². The van der Waals surface area contributed by atoms with Crippen LogP contribution in [0.25, 0.3) is 16.7 Å². The summed E-state index contributed by atoms with van der Waals surface area (Å²) in [7, 11) is 3.22. The summed E-state index contributed by atoms with van der Waals surface area (Å²) in [5.74, 6) is -0.343. The van der Waals surface area contributed by atoms with Crippen LogP contribution >= 0.6 is 11.6 Å². The lowest BCUT2D eigenvalue weighted by molar-refractivity contribution is -0.145. The van der Waals surface area contributed by atoms with Crippen LogP contribution in [0.15, 0.2) is 35.9 Å². The second-order valence-corrected chi connectivity index (χ2v) is 12.8. The predicted molar refractivity (Wildman–Crippen MR) is 181 cm³/mol. The summed E-state index contributed by atoms with van der Waals surface area (Å²) in [6.07, 6.45) is 2.15. The first kappa shape index (κ1) is 34.8. The van der Waals surface area contributed by atoms with Crippen LogP contribution in [0.2, 0.25) is 5.02 Å². The second kappa shape index (κ2) is 15.0. The maximum atomic E-state index is 13.7. The molecule has 0 fully saturated rings. The first-order valence-electron chi connectivity index (χ1n) is 15.7. The summed E-state index contributed by atoms with van der Waals surface area (Å²) in [6.45, 7) is 12.1. The molecule has 0 bridgehead atoms. The number of carbonyl (C=O) groups is 3. The standard InChI is InChI=1S/C36H45ClN4O5/c1-20(2)15-31(36(44)45-8)39-32(42)19-38-35(43)30-18-29-26(11-9-12-28(29)33-23(5)40-41(7)24(33)6)27(30)13-10-14-46-25-16-21(3)34(37)22(4)17-25/h9,11-12,16-17,20,31H,10,13-15,18-19H2,1-8H3,(H,38,43)(H,39,42)/t31-/m0/s1. The fourth-order valence-electron chi connectivity index (χ4n) is 6.18. The number of halogens is 1. The van der Waals surface area contributed by atoms with E-state index < -0.39 is 17.9 Å². The number of ether oxygens (including phenoxy) is 2. The fraction of sp³-hybridized carbons (Fsp3) is 0.444. The molecule has 246 valence electrons. The van der Waals surface area contributed by atoms with Crippen LogP contribution in [0.1, 0.15) is 66.8 Å². The molecule has 0 saturated heterocycles. The normalized spacial score (nSPS) is 13.1. The molecule has 3 aromatic rings. The zero-order valence-electron chi connectivity index (χ0n) is 28.1. The number of aryl methyl sites for hydroxylation is 4. The number of allylic oxidation sites excluding steroid dienone is 1. The number of hydrogen-bond acceptors (Lipinski definition) is 6. The topological polar surface area (TPSA) is 112 Å². The second-order valence-electron chi connectivity index (χ2n) is 12.4. The van der Waals surface area contributed by atoms with Crippen LogP contribution in [0.5, 0.6) is 5.75 Å². The lowest BCUT2D eigenvalue weighted by atomic mass is 9.93. The van der Waals surface area contributed by atoms with Gasteiger partial charge >= 0.3 is 5.97 Å². The number of amides is 2. The first-order chi connectivity index (χ1) is 21.8. The summed E-state index contributed by atoms with van der Waals surface area (Å²) in [5.41, 5.74) is 9.67. The van der Waals surface area contributed by atoms with E-state index in [-0.39, 0.29) is 18.4 Å². The molecule has 2 N–H and O–H groups in total. The highest BCUT2D eigenvalue weighted by molar-refractivity contribution is 6.32. The number of methoxy groups -OCH3 is 1. The Morgan fingerprint density at radius 1 is 1.07 bits per heavy atom. The van der Waals surface area contributed by atoms with Gasteiger partial charge in [-0.25, -0.2) is 4.79 Å². The minimum absolute atomic E-state index is 0.168. The highest BCUT2D eigenvalue weighted by Gasteiger charge is 2.30. The van der Waals surface area contributed by atoms with Crippen molar-refractivity contribution < 1.29 is 23.9 Å². The third-order valence-corrected chi connectivity index (χ3v) is 9.05. The van der Waals surface area contributed by atoms with Crippen LogP contribution in [0.4, 0.5) is 0 Å². The molecule has 1 aromatic heterocycles. The average Bonchev–Trinajstić information content (AvgIpc) is 3.50. The third kappa shape index (κ3) is 7.81. The Morgan fingerprint density at radius 2 is 1.74 bits per heavy atom. The van der Waals surface area contributed by atoms with Crippen molar-refractivity contribution in [2.24, 2.45) is 13.0 Å². The molecule has 0 radical (unpaired) electrons. The van der Waals surface area contributed by atoms with Gasteiger partial charge in [0.15, 0.2) is 0 Å². The lowest BCUT2D eigenvalue weighted by Gasteiger charge is -2.18. The Bertz CT molecular complexity index is 1650. The zero-order chi connectivity index (χ0) is 33.7. The quantitative estimate of drug-likeness (QED) is 0.175. The van der Waals surface area contributed by atoms with E-state index >= 15 is 0 Å². The number of fused-ring (bicyclic) bond motifs is 1. The average molecular weight is 649 g/mol.